The molecule has 4 heteroatoms. The Labute approximate surface area is 90.3 Å². The number of anilines is 1. The highest BCUT2D eigenvalue weighted by Crippen LogP contribution is 2.10. The van der Waals surface area contributed by atoms with Gasteiger partial charge < -0.3 is 10.2 Å². The highest BCUT2D eigenvalue weighted by atomic mass is 16.2. The topological polar surface area (TPSA) is 45.2 Å². The SMILES string of the molecule is CCNCCC(=O)N(C)c1ccncc1. The van der Waals surface area contributed by atoms with Crippen LogP contribution in [-0.4, -0.2) is 31.0 Å². The van der Waals surface area contributed by atoms with Crippen molar-refractivity contribution in [2.45, 2.75) is 13.3 Å². The average molecular weight is 207 g/mol. The molecule has 0 spiro atoms. The van der Waals surface area contributed by atoms with Gasteiger partial charge in [0.25, 0.3) is 0 Å². The molecule has 0 atom stereocenters. The van der Waals surface area contributed by atoms with E-state index in [1.165, 1.54) is 0 Å². The molecule has 1 N–H and O–H groups in total. The van der Waals surface area contributed by atoms with Gasteiger partial charge >= 0.3 is 0 Å². The predicted octanol–water partition coefficient (Wildman–Crippen LogP) is 1.04. The number of hydrogen-bond acceptors (Lipinski definition) is 3. The first-order chi connectivity index (χ1) is 7.25. The zero-order chi connectivity index (χ0) is 11.1. The number of carbonyl (C=O) groups is 1. The number of pyridine rings is 1. The second-order valence-corrected chi connectivity index (χ2v) is 3.26. The Hall–Kier alpha value is -1.42. The van der Waals surface area contributed by atoms with Gasteiger partial charge in [0.15, 0.2) is 0 Å². The van der Waals surface area contributed by atoms with E-state index in [0.717, 1.165) is 18.8 Å². The van der Waals surface area contributed by atoms with Crippen LogP contribution < -0.4 is 10.2 Å². The highest BCUT2D eigenvalue weighted by molar-refractivity contribution is 5.92. The summed E-state index contributed by atoms with van der Waals surface area (Å²) in [7, 11) is 1.78. The molecule has 0 saturated carbocycles. The third-order valence-electron chi connectivity index (χ3n) is 2.19. The molecule has 1 heterocycles. The summed E-state index contributed by atoms with van der Waals surface area (Å²) in [6.07, 6.45) is 3.89. The van der Waals surface area contributed by atoms with Crippen LogP contribution >= 0.6 is 0 Å². The highest BCUT2D eigenvalue weighted by Gasteiger charge is 2.09. The summed E-state index contributed by atoms with van der Waals surface area (Å²) in [6.45, 7) is 3.65. The van der Waals surface area contributed by atoms with Gasteiger partial charge in [-0.2, -0.15) is 0 Å². The Morgan fingerprint density at radius 3 is 2.73 bits per heavy atom. The van der Waals surface area contributed by atoms with Gasteiger partial charge in [-0.25, -0.2) is 0 Å². The number of nitrogens with one attached hydrogen (secondary N) is 1. The lowest BCUT2D eigenvalue weighted by Crippen LogP contribution is -2.29. The Bertz CT molecular complexity index is 300. The molecular weight excluding hydrogens is 190 g/mol. The zero-order valence-corrected chi connectivity index (χ0v) is 9.23. The monoisotopic (exact) mass is 207 g/mol. The smallest absolute Gasteiger partial charge is 0.227 e. The van der Waals surface area contributed by atoms with Crippen LogP contribution in [0.2, 0.25) is 0 Å². The minimum atomic E-state index is 0.113. The van der Waals surface area contributed by atoms with E-state index in [4.69, 9.17) is 0 Å². The number of nitrogens with zero attached hydrogens (tertiary/aromatic N) is 2. The molecule has 1 amide bonds. The third kappa shape index (κ3) is 3.67. The van der Waals surface area contributed by atoms with Crippen molar-refractivity contribution in [1.82, 2.24) is 10.3 Å². The maximum Gasteiger partial charge on any atom is 0.227 e. The Morgan fingerprint density at radius 2 is 2.13 bits per heavy atom. The molecule has 0 saturated heterocycles. The molecule has 0 aliphatic rings. The van der Waals surface area contributed by atoms with E-state index in [0.29, 0.717) is 6.42 Å². The summed E-state index contributed by atoms with van der Waals surface area (Å²) < 4.78 is 0. The van der Waals surface area contributed by atoms with Gasteiger partial charge in [-0.05, 0) is 18.7 Å². The van der Waals surface area contributed by atoms with Crippen LogP contribution in [0.3, 0.4) is 0 Å². The lowest BCUT2D eigenvalue weighted by Gasteiger charge is -2.16. The number of amides is 1. The summed E-state index contributed by atoms with van der Waals surface area (Å²) in [5.41, 5.74) is 0.881. The van der Waals surface area contributed by atoms with Crippen LogP contribution in [-0.2, 0) is 4.79 Å². The molecule has 15 heavy (non-hydrogen) atoms. The number of hydrogen-bond donors (Lipinski definition) is 1. The second-order valence-electron chi connectivity index (χ2n) is 3.26. The fourth-order valence-electron chi connectivity index (χ4n) is 1.25. The van der Waals surface area contributed by atoms with Gasteiger partial charge in [-0.1, -0.05) is 6.92 Å². The molecule has 82 valence electrons. The van der Waals surface area contributed by atoms with E-state index in [1.54, 1.807) is 24.3 Å². The zero-order valence-electron chi connectivity index (χ0n) is 9.23. The van der Waals surface area contributed by atoms with Crippen molar-refractivity contribution in [3.05, 3.63) is 24.5 Å². The Balaban J connectivity index is 2.46. The van der Waals surface area contributed by atoms with Crippen LogP contribution in [0.25, 0.3) is 0 Å². The van der Waals surface area contributed by atoms with Gasteiger partial charge in [0, 0.05) is 38.1 Å². The van der Waals surface area contributed by atoms with Crippen molar-refractivity contribution in [1.29, 1.82) is 0 Å². The molecule has 4 nitrogen and oxygen atoms in total. The largest absolute Gasteiger partial charge is 0.316 e. The van der Waals surface area contributed by atoms with Gasteiger partial charge in [0.2, 0.25) is 5.91 Å². The maximum atomic E-state index is 11.7. The van der Waals surface area contributed by atoms with E-state index >= 15 is 0 Å². The molecule has 1 aromatic rings. The lowest BCUT2D eigenvalue weighted by atomic mass is 10.3. The fraction of sp³-hybridized carbons (Fsp3) is 0.455. The van der Waals surface area contributed by atoms with Gasteiger partial charge in [0.1, 0.15) is 0 Å². The molecule has 1 aromatic heterocycles. The predicted molar refractivity (Wildman–Crippen MR) is 60.8 cm³/mol. The Kier molecular flexibility index (Phi) is 4.77. The summed E-state index contributed by atoms with van der Waals surface area (Å²) in [4.78, 5) is 17.2. The third-order valence-corrected chi connectivity index (χ3v) is 2.19. The number of carbonyl (C=O) groups excluding carboxylic acids is 1. The average Bonchev–Trinajstić information content (AvgIpc) is 2.29. The summed E-state index contributed by atoms with van der Waals surface area (Å²) >= 11 is 0. The summed E-state index contributed by atoms with van der Waals surface area (Å²) in [5.74, 6) is 0.113. The van der Waals surface area contributed by atoms with Crippen molar-refractivity contribution in [3.8, 4) is 0 Å². The molecular formula is C11H17N3O. The van der Waals surface area contributed by atoms with E-state index in [-0.39, 0.29) is 5.91 Å². The molecule has 0 aliphatic carbocycles. The molecule has 0 fully saturated rings. The summed E-state index contributed by atoms with van der Waals surface area (Å²) in [6, 6.07) is 3.65. The van der Waals surface area contributed by atoms with Crippen LogP contribution in [0.1, 0.15) is 13.3 Å². The van der Waals surface area contributed by atoms with Crippen molar-refractivity contribution in [2.24, 2.45) is 0 Å². The van der Waals surface area contributed by atoms with E-state index < -0.39 is 0 Å². The Morgan fingerprint density at radius 1 is 1.47 bits per heavy atom. The van der Waals surface area contributed by atoms with Crippen LogP contribution in [0.5, 0.6) is 0 Å². The molecule has 0 unspecified atom stereocenters. The molecule has 0 aliphatic heterocycles. The first-order valence-electron chi connectivity index (χ1n) is 5.13. The van der Waals surface area contributed by atoms with Gasteiger partial charge in [-0.3, -0.25) is 9.78 Å². The fourth-order valence-corrected chi connectivity index (χ4v) is 1.25. The van der Waals surface area contributed by atoms with Crippen molar-refractivity contribution >= 4 is 11.6 Å². The van der Waals surface area contributed by atoms with E-state index in [9.17, 15) is 4.79 Å². The van der Waals surface area contributed by atoms with Crippen molar-refractivity contribution in [3.63, 3.8) is 0 Å². The number of aromatic nitrogens is 1. The van der Waals surface area contributed by atoms with Crippen molar-refractivity contribution in [2.75, 3.05) is 25.0 Å². The second kappa shape index (κ2) is 6.14. The molecule has 0 radical (unpaired) electrons. The van der Waals surface area contributed by atoms with E-state index in [1.807, 2.05) is 19.1 Å². The van der Waals surface area contributed by atoms with Crippen LogP contribution in [0, 0.1) is 0 Å². The standard InChI is InChI=1S/C11H17N3O/c1-3-12-9-6-11(15)14(2)10-4-7-13-8-5-10/h4-5,7-8,12H,3,6,9H2,1-2H3. The van der Waals surface area contributed by atoms with Crippen LogP contribution in [0.15, 0.2) is 24.5 Å². The lowest BCUT2D eigenvalue weighted by molar-refractivity contribution is -0.118. The minimum Gasteiger partial charge on any atom is -0.316 e. The molecule has 1 rings (SSSR count). The van der Waals surface area contributed by atoms with Crippen LogP contribution in [0.4, 0.5) is 5.69 Å². The molecule has 0 bridgehead atoms. The first kappa shape index (κ1) is 11.7. The first-order valence-corrected chi connectivity index (χ1v) is 5.13. The quantitative estimate of drug-likeness (QED) is 0.734. The normalized spacial score (nSPS) is 10.0. The van der Waals surface area contributed by atoms with E-state index in [2.05, 4.69) is 10.3 Å². The minimum absolute atomic E-state index is 0.113. The maximum absolute atomic E-state index is 11.7. The van der Waals surface area contributed by atoms with Gasteiger partial charge in [0.05, 0.1) is 0 Å². The van der Waals surface area contributed by atoms with Gasteiger partial charge in [-0.15, -0.1) is 0 Å². The molecule has 0 aromatic carbocycles. The number of rotatable bonds is 5. The van der Waals surface area contributed by atoms with Crippen molar-refractivity contribution < 1.29 is 4.79 Å². The summed E-state index contributed by atoms with van der Waals surface area (Å²) in [5, 5.41) is 3.13.